The first kappa shape index (κ1) is 11.0. The highest BCUT2D eigenvalue weighted by molar-refractivity contribution is 5.71. The Morgan fingerprint density at radius 2 is 1.67 bits per heavy atom. The number of imidazole rings is 1. The molecule has 0 bridgehead atoms. The summed E-state index contributed by atoms with van der Waals surface area (Å²) in [4.78, 5) is 3.29. The average molecular weight is 237 g/mol. The zero-order valence-electron chi connectivity index (χ0n) is 10.7. The van der Waals surface area contributed by atoms with Crippen molar-refractivity contribution >= 4 is 11.0 Å². The lowest BCUT2D eigenvalue weighted by molar-refractivity contribution is -0.567. The fourth-order valence-corrected chi connectivity index (χ4v) is 2.24. The van der Waals surface area contributed by atoms with Crippen molar-refractivity contribution in [3.63, 3.8) is 0 Å². The standard InChI is InChI=1S/C16H16N2/c1-12(2)13-7-9-14(10-8-13)18-11-17-15-5-3-4-6-16(15)18/h3-12H,1-2H3/p+1. The van der Waals surface area contributed by atoms with E-state index in [9.17, 15) is 0 Å². The molecule has 0 spiro atoms. The highest BCUT2D eigenvalue weighted by Gasteiger charge is 2.10. The average Bonchev–Trinajstić information content (AvgIpc) is 2.82. The number of benzene rings is 2. The molecule has 3 aromatic rings. The van der Waals surface area contributed by atoms with Gasteiger partial charge >= 0.3 is 0 Å². The minimum Gasteiger partial charge on any atom is -0.243 e. The van der Waals surface area contributed by atoms with Crippen molar-refractivity contribution in [3.05, 3.63) is 60.4 Å². The van der Waals surface area contributed by atoms with Gasteiger partial charge in [0.1, 0.15) is 5.69 Å². The second-order valence-corrected chi connectivity index (χ2v) is 4.91. The predicted octanol–water partition coefficient (Wildman–Crippen LogP) is 3.57. The van der Waals surface area contributed by atoms with Crippen LogP contribution in [-0.2, 0) is 0 Å². The molecule has 0 unspecified atom stereocenters. The number of para-hydroxylation sites is 2. The molecule has 1 aromatic heterocycles. The van der Waals surface area contributed by atoms with E-state index in [4.69, 9.17) is 0 Å². The van der Waals surface area contributed by atoms with E-state index in [1.54, 1.807) is 0 Å². The number of aromatic nitrogens is 2. The van der Waals surface area contributed by atoms with Crippen LogP contribution < -0.4 is 4.57 Å². The smallest absolute Gasteiger partial charge is 0.243 e. The van der Waals surface area contributed by atoms with Gasteiger partial charge in [-0.2, -0.15) is 4.57 Å². The molecule has 2 aromatic carbocycles. The van der Waals surface area contributed by atoms with Crippen molar-refractivity contribution in [2.24, 2.45) is 0 Å². The van der Waals surface area contributed by atoms with Gasteiger partial charge in [-0.05, 0) is 35.7 Å². The number of nitrogens with one attached hydrogen (secondary N) is 1. The first-order valence-electron chi connectivity index (χ1n) is 6.34. The maximum atomic E-state index is 3.29. The van der Waals surface area contributed by atoms with E-state index >= 15 is 0 Å². The largest absolute Gasteiger partial charge is 0.247 e. The quantitative estimate of drug-likeness (QED) is 0.657. The van der Waals surface area contributed by atoms with E-state index in [2.05, 4.69) is 65.9 Å². The van der Waals surface area contributed by atoms with Crippen molar-refractivity contribution in [1.82, 2.24) is 4.98 Å². The Morgan fingerprint density at radius 1 is 0.944 bits per heavy atom. The summed E-state index contributed by atoms with van der Waals surface area (Å²) in [6, 6.07) is 17.1. The predicted molar refractivity (Wildman–Crippen MR) is 73.9 cm³/mol. The second kappa shape index (κ2) is 4.30. The SMILES string of the molecule is CC(C)c1ccc(-[n+]2c[nH]c3ccccc32)cc1. The van der Waals surface area contributed by atoms with Crippen LogP contribution in [0.4, 0.5) is 0 Å². The summed E-state index contributed by atoms with van der Waals surface area (Å²) in [6.45, 7) is 4.43. The van der Waals surface area contributed by atoms with Gasteiger partial charge in [0, 0.05) is 0 Å². The van der Waals surface area contributed by atoms with E-state index in [-0.39, 0.29) is 0 Å². The molecule has 0 fully saturated rings. The van der Waals surface area contributed by atoms with Gasteiger partial charge in [-0.1, -0.05) is 38.1 Å². The van der Waals surface area contributed by atoms with Crippen molar-refractivity contribution in [2.45, 2.75) is 19.8 Å². The molecule has 2 heteroatoms. The first-order chi connectivity index (χ1) is 8.75. The Hall–Kier alpha value is -2.09. The van der Waals surface area contributed by atoms with Crippen LogP contribution in [0.3, 0.4) is 0 Å². The van der Waals surface area contributed by atoms with Gasteiger partial charge in [-0.15, -0.1) is 0 Å². The first-order valence-corrected chi connectivity index (χ1v) is 6.34. The van der Waals surface area contributed by atoms with Gasteiger partial charge in [0.25, 0.3) is 0 Å². The van der Waals surface area contributed by atoms with Crippen LogP contribution in [0.15, 0.2) is 54.9 Å². The molecule has 1 heterocycles. The molecule has 0 radical (unpaired) electrons. The third-order valence-electron chi connectivity index (χ3n) is 3.35. The highest BCUT2D eigenvalue weighted by Crippen LogP contribution is 2.16. The molecular weight excluding hydrogens is 220 g/mol. The minimum absolute atomic E-state index is 0.576. The highest BCUT2D eigenvalue weighted by atomic mass is 15.0. The maximum Gasteiger partial charge on any atom is 0.247 e. The van der Waals surface area contributed by atoms with Crippen LogP contribution in [-0.4, -0.2) is 4.98 Å². The molecule has 1 N–H and O–H groups in total. The van der Waals surface area contributed by atoms with Crippen molar-refractivity contribution in [3.8, 4) is 5.69 Å². The third kappa shape index (κ3) is 1.80. The number of hydrogen-bond donors (Lipinski definition) is 1. The molecular formula is C16H17N2+. The number of nitrogens with zero attached hydrogens (tertiary/aromatic N) is 1. The van der Waals surface area contributed by atoms with Crippen LogP contribution in [0, 0.1) is 0 Å². The minimum atomic E-state index is 0.576. The molecule has 2 nitrogen and oxygen atoms in total. The molecule has 0 aliphatic carbocycles. The maximum absolute atomic E-state index is 3.29. The van der Waals surface area contributed by atoms with Gasteiger partial charge in [0.05, 0.1) is 0 Å². The molecule has 90 valence electrons. The molecule has 0 aliphatic rings. The Morgan fingerprint density at radius 3 is 2.39 bits per heavy atom. The van der Waals surface area contributed by atoms with E-state index in [1.165, 1.54) is 16.8 Å². The topological polar surface area (TPSA) is 19.7 Å². The lowest BCUT2D eigenvalue weighted by Crippen LogP contribution is -2.28. The summed E-state index contributed by atoms with van der Waals surface area (Å²) in [5.74, 6) is 0.576. The van der Waals surface area contributed by atoms with Crippen LogP contribution in [0.1, 0.15) is 25.3 Å². The molecule has 0 saturated heterocycles. The van der Waals surface area contributed by atoms with Crippen molar-refractivity contribution in [1.29, 1.82) is 0 Å². The lowest BCUT2D eigenvalue weighted by Gasteiger charge is -2.05. The molecule has 0 aliphatic heterocycles. The summed E-state index contributed by atoms with van der Waals surface area (Å²) in [7, 11) is 0. The Kier molecular flexibility index (Phi) is 2.63. The summed E-state index contributed by atoms with van der Waals surface area (Å²) >= 11 is 0. The number of hydrogen-bond acceptors (Lipinski definition) is 0. The fraction of sp³-hybridized carbons (Fsp3) is 0.188. The van der Waals surface area contributed by atoms with Crippen LogP contribution in [0.2, 0.25) is 0 Å². The molecule has 0 amide bonds. The number of aromatic amines is 1. The zero-order chi connectivity index (χ0) is 12.5. The molecule has 0 saturated carbocycles. The monoisotopic (exact) mass is 237 g/mol. The van der Waals surface area contributed by atoms with Gasteiger partial charge < -0.3 is 0 Å². The Balaban J connectivity index is 2.09. The number of fused-ring (bicyclic) bond motifs is 1. The van der Waals surface area contributed by atoms with Crippen LogP contribution in [0.25, 0.3) is 16.7 Å². The van der Waals surface area contributed by atoms with E-state index in [1.807, 2.05) is 12.4 Å². The number of H-pyrrole nitrogens is 1. The summed E-state index contributed by atoms with van der Waals surface area (Å²) in [5, 5.41) is 0. The van der Waals surface area contributed by atoms with Gasteiger partial charge in [0.15, 0.2) is 11.0 Å². The van der Waals surface area contributed by atoms with E-state index in [0.29, 0.717) is 5.92 Å². The zero-order valence-corrected chi connectivity index (χ0v) is 10.7. The van der Waals surface area contributed by atoms with Crippen molar-refractivity contribution in [2.75, 3.05) is 0 Å². The Labute approximate surface area is 107 Å². The van der Waals surface area contributed by atoms with Gasteiger partial charge in [-0.25, -0.2) is 4.98 Å². The second-order valence-electron chi connectivity index (χ2n) is 4.91. The third-order valence-corrected chi connectivity index (χ3v) is 3.35. The summed E-state index contributed by atoms with van der Waals surface area (Å²) in [5.41, 5.74) is 4.93. The van der Waals surface area contributed by atoms with Crippen molar-refractivity contribution < 1.29 is 4.57 Å². The van der Waals surface area contributed by atoms with Crippen LogP contribution in [0.5, 0.6) is 0 Å². The lowest BCUT2D eigenvalue weighted by atomic mass is 10.0. The number of rotatable bonds is 2. The van der Waals surface area contributed by atoms with Gasteiger partial charge in [0.2, 0.25) is 6.33 Å². The van der Waals surface area contributed by atoms with Crippen LogP contribution >= 0.6 is 0 Å². The van der Waals surface area contributed by atoms with Gasteiger partial charge in [-0.3, -0.25) is 0 Å². The summed E-state index contributed by atoms with van der Waals surface area (Å²) in [6.07, 6.45) is 2.01. The summed E-state index contributed by atoms with van der Waals surface area (Å²) < 4.78 is 2.18. The normalized spacial score (nSPS) is 11.3. The van der Waals surface area contributed by atoms with E-state index in [0.717, 1.165) is 5.52 Å². The molecule has 0 atom stereocenters. The fourth-order valence-electron chi connectivity index (χ4n) is 2.24. The Bertz CT molecular complexity index is 663. The van der Waals surface area contributed by atoms with E-state index < -0.39 is 0 Å². The molecule has 18 heavy (non-hydrogen) atoms. The molecule has 3 rings (SSSR count).